The molecule has 5 nitrogen and oxygen atoms in total. The molecule has 0 atom stereocenters. The van der Waals surface area contributed by atoms with E-state index in [0.29, 0.717) is 12.3 Å². The number of rotatable bonds is 4. The average Bonchev–Trinajstić information content (AvgIpc) is 3.02. The van der Waals surface area contributed by atoms with E-state index >= 15 is 0 Å². The van der Waals surface area contributed by atoms with Gasteiger partial charge >= 0.3 is 0 Å². The van der Waals surface area contributed by atoms with Gasteiger partial charge in [0, 0.05) is 18.7 Å². The number of nitrogens with two attached hydrogens (primary N) is 1. The molecule has 98 valence electrons. The number of amidine groups is 1. The van der Waals surface area contributed by atoms with Gasteiger partial charge in [-0.3, -0.25) is 0 Å². The second-order valence-corrected chi connectivity index (χ2v) is 5.74. The Balaban J connectivity index is 1.75. The van der Waals surface area contributed by atoms with E-state index in [1.807, 2.05) is 6.33 Å². The van der Waals surface area contributed by atoms with E-state index < -0.39 is 0 Å². The lowest BCUT2D eigenvalue weighted by Crippen LogP contribution is -2.22. The van der Waals surface area contributed by atoms with Crippen molar-refractivity contribution in [3.8, 4) is 0 Å². The van der Waals surface area contributed by atoms with Crippen molar-refractivity contribution in [2.45, 2.75) is 51.5 Å². The standard InChI is InChI=1S/C13H20N4O/c14-12(16-18)7-13(5-6-13)8-17-9-15-10-3-1-2-4-11(10)17/h9,18H,1-8H2,(H2,14,16). The minimum absolute atomic E-state index is 0.211. The lowest BCUT2D eigenvalue weighted by molar-refractivity contribution is 0.312. The minimum Gasteiger partial charge on any atom is -0.409 e. The molecule has 0 aliphatic heterocycles. The summed E-state index contributed by atoms with van der Waals surface area (Å²) in [5.74, 6) is 0.349. The number of aromatic nitrogens is 2. The maximum atomic E-state index is 8.69. The van der Waals surface area contributed by atoms with Crippen LogP contribution in [0.5, 0.6) is 0 Å². The van der Waals surface area contributed by atoms with Crippen molar-refractivity contribution in [2.75, 3.05) is 0 Å². The molecule has 0 aromatic carbocycles. The van der Waals surface area contributed by atoms with E-state index in [0.717, 1.165) is 32.2 Å². The van der Waals surface area contributed by atoms with Gasteiger partial charge in [-0.15, -0.1) is 0 Å². The fourth-order valence-corrected chi connectivity index (χ4v) is 3.02. The lowest BCUT2D eigenvalue weighted by Gasteiger charge is -2.19. The highest BCUT2D eigenvalue weighted by atomic mass is 16.4. The summed E-state index contributed by atoms with van der Waals surface area (Å²) in [4.78, 5) is 4.52. The smallest absolute Gasteiger partial charge is 0.139 e. The third kappa shape index (κ3) is 2.09. The highest BCUT2D eigenvalue weighted by Gasteiger charge is 2.44. The quantitative estimate of drug-likeness (QED) is 0.368. The van der Waals surface area contributed by atoms with Gasteiger partial charge in [0.1, 0.15) is 5.84 Å². The van der Waals surface area contributed by atoms with Crippen LogP contribution in [0.25, 0.3) is 0 Å². The van der Waals surface area contributed by atoms with Crippen molar-refractivity contribution in [3.05, 3.63) is 17.7 Å². The van der Waals surface area contributed by atoms with Crippen LogP contribution in [0.4, 0.5) is 0 Å². The van der Waals surface area contributed by atoms with E-state index in [4.69, 9.17) is 10.9 Å². The monoisotopic (exact) mass is 248 g/mol. The first kappa shape index (κ1) is 11.6. The molecule has 1 saturated carbocycles. The van der Waals surface area contributed by atoms with Gasteiger partial charge in [0.25, 0.3) is 0 Å². The van der Waals surface area contributed by atoms with Gasteiger partial charge in [-0.1, -0.05) is 5.16 Å². The molecule has 1 fully saturated rings. The van der Waals surface area contributed by atoms with Crippen LogP contribution in [-0.2, 0) is 19.4 Å². The Morgan fingerprint density at radius 2 is 2.22 bits per heavy atom. The predicted molar refractivity (Wildman–Crippen MR) is 68.6 cm³/mol. The Morgan fingerprint density at radius 1 is 1.44 bits per heavy atom. The van der Waals surface area contributed by atoms with Crippen molar-refractivity contribution in [3.63, 3.8) is 0 Å². The van der Waals surface area contributed by atoms with E-state index in [1.54, 1.807) is 0 Å². The molecule has 3 N–H and O–H groups in total. The largest absolute Gasteiger partial charge is 0.409 e. The van der Waals surface area contributed by atoms with Crippen LogP contribution in [0.3, 0.4) is 0 Å². The number of hydrogen-bond acceptors (Lipinski definition) is 3. The van der Waals surface area contributed by atoms with E-state index in [1.165, 1.54) is 24.2 Å². The van der Waals surface area contributed by atoms with E-state index in [9.17, 15) is 0 Å². The summed E-state index contributed by atoms with van der Waals surface area (Å²) >= 11 is 0. The molecular formula is C13H20N4O. The van der Waals surface area contributed by atoms with Crippen LogP contribution in [0, 0.1) is 5.41 Å². The number of aryl methyl sites for hydroxylation is 1. The van der Waals surface area contributed by atoms with Crippen LogP contribution in [0.1, 0.15) is 43.5 Å². The van der Waals surface area contributed by atoms with E-state index in [-0.39, 0.29) is 5.41 Å². The zero-order valence-corrected chi connectivity index (χ0v) is 10.6. The maximum Gasteiger partial charge on any atom is 0.139 e. The fraction of sp³-hybridized carbons (Fsp3) is 0.692. The molecule has 0 radical (unpaired) electrons. The Bertz CT molecular complexity index is 473. The lowest BCUT2D eigenvalue weighted by atomic mass is 9.99. The molecule has 3 rings (SSSR count). The van der Waals surface area contributed by atoms with Gasteiger partial charge in [-0.05, 0) is 43.9 Å². The van der Waals surface area contributed by atoms with Gasteiger partial charge in [0.15, 0.2) is 0 Å². The Hall–Kier alpha value is -1.52. The van der Waals surface area contributed by atoms with Crippen LogP contribution >= 0.6 is 0 Å². The minimum atomic E-state index is 0.211. The first-order chi connectivity index (χ1) is 8.72. The molecule has 0 spiro atoms. The molecule has 2 aliphatic rings. The Morgan fingerprint density at radius 3 is 2.94 bits per heavy atom. The van der Waals surface area contributed by atoms with Crippen molar-refractivity contribution in [1.29, 1.82) is 0 Å². The van der Waals surface area contributed by atoms with Crippen LogP contribution in [0.15, 0.2) is 11.5 Å². The molecule has 1 aromatic heterocycles. The summed E-state index contributed by atoms with van der Waals surface area (Å²) in [5, 5.41) is 11.8. The number of imidazole rings is 1. The van der Waals surface area contributed by atoms with Gasteiger partial charge in [0.05, 0.1) is 12.0 Å². The summed E-state index contributed by atoms with van der Waals surface area (Å²) in [6, 6.07) is 0. The maximum absolute atomic E-state index is 8.69. The van der Waals surface area contributed by atoms with Crippen molar-refractivity contribution < 1.29 is 5.21 Å². The van der Waals surface area contributed by atoms with Gasteiger partial charge in [0.2, 0.25) is 0 Å². The normalized spacial score (nSPS) is 21.7. The molecule has 5 heteroatoms. The third-order valence-corrected chi connectivity index (χ3v) is 4.26. The number of fused-ring (bicyclic) bond motifs is 1. The Kier molecular flexibility index (Phi) is 2.76. The number of oxime groups is 1. The Labute approximate surface area is 107 Å². The molecule has 2 aliphatic carbocycles. The SMILES string of the molecule is NC(CC1(Cn2cnc3c2CCCC3)CC1)=NO. The molecule has 0 amide bonds. The molecule has 18 heavy (non-hydrogen) atoms. The summed E-state index contributed by atoms with van der Waals surface area (Å²) in [6.45, 7) is 0.964. The number of nitrogens with zero attached hydrogens (tertiary/aromatic N) is 3. The van der Waals surface area contributed by atoms with Crippen LogP contribution in [0.2, 0.25) is 0 Å². The second-order valence-electron chi connectivity index (χ2n) is 5.74. The predicted octanol–water partition coefficient (Wildman–Crippen LogP) is 1.68. The first-order valence-electron chi connectivity index (χ1n) is 6.72. The molecule has 0 unspecified atom stereocenters. The van der Waals surface area contributed by atoms with Crippen LogP contribution in [-0.4, -0.2) is 20.6 Å². The molecule has 0 saturated heterocycles. The number of hydrogen-bond donors (Lipinski definition) is 2. The highest BCUT2D eigenvalue weighted by molar-refractivity contribution is 5.80. The summed E-state index contributed by atoms with van der Waals surface area (Å²) in [7, 11) is 0. The van der Waals surface area contributed by atoms with Crippen LogP contribution < -0.4 is 5.73 Å². The van der Waals surface area contributed by atoms with Crippen molar-refractivity contribution in [2.24, 2.45) is 16.3 Å². The average molecular weight is 248 g/mol. The molecular weight excluding hydrogens is 228 g/mol. The van der Waals surface area contributed by atoms with Gasteiger partial charge in [-0.25, -0.2) is 4.98 Å². The summed E-state index contributed by atoms with van der Waals surface area (Å²) in [6.07, 6.45) is 9.79. The third-order valence-electron chi connectivity index (χ3n) is 4.26. The van der Waals surface area contributed by atoms with Crippen molar-refractivity contribution in [1.82, 2.24) is 9.55 Å². The van der Waals surface area contributed by atoms with Gasteiger partial charge < -0.3 is 15.5 Å². The highest BCUT2D eigenvalue weighted by Crippen LogP contribution is 2.50. The van der Waals surface area contributed by atoms with Crippen molar-refractivity contribution >= 4 is 5.84 Å². The van der Waals surface area contributed by atoms with Gasteiger partial charge in [-0.2, -0.15) is 0 Å². The molecule has 1 heterocycles. The zero-order valence-electron chi connectivity index (χ0n) is 10.6. The topological polar surface area (TPSA) is 76.4 Å². The molecule has 1 aromatic rings. The zero-order chi connectivity index (χ0) is 12.6. The first-order valence-corrected chi connectivity index (χ1v) is 6.72. The molecule has 0 bridgehead atoms. The second kappa shape index (κ2) is 4.30. The summed E-state index contributed by atoms with van der Waals surface area (Å²) in [5.41, 5.74) is 8.54. The fourth-order valence-electron chi connectivity index (χ4n) is 3.02. The van der Waals surface area contributed by atoms with E-state index in [2.05, 4.69) is 14.7 Å². The summed E-state index contributed by atoms with van der Waals surface area (Å²) < 4.78 is 2.30.